The van der Waals surface area contributed by atoms with E-state index < -0.39 is 0 Å². The first kappa shape index (κ1) is 15.1. The van der Waals surface area contributed by atoms with E-state index >= 15 is 0 Å². The summed E-state index contributed by atoms with van der Waals surface area (Å²) in [4.78, 5) is 5.51. The van der Waals surface area contributed by atoms with Gasteiger partial charge in [-0.25, -0.2) is 0 Å². The summed E-state index contributed by atoms with van der Waals surface area (Å²) in [6.45, 7) is 7.42. The van der Waals surface area contributed by atoms with Crippen molar-refractivity contribution in [3.63, 3.8) is 0 Å². The van der Waals surface area contributed by atoms with Crippen LogP contribution in [-0.2, 0) is 0 Å². The van der Waals surface area contributed by atoms with Crippen molar-refractivity contribution in [2.75, 3.05) is 26.2 Å². The lowest BCUT2D eigenvalue weighted by Gasteiger charge is -2.44. The van der Waals surface area contributed by atoms with E-state index in [1.165, 1.54) is 70.3 Å². The molecule has 2 heteroatoms. The molecule has 2 nitrogen and oxygen atoms in total. The van der Waals surface area contributed by atoms with Crippen LogP contribution < -0.4 is 0 Å². The Morgan fingerprint density at radius 2 is 1.90 bits per heavy atom. The second kappa shape index (κ2) is 7.42. The summed E-state index contributed by atoms with van der Waals surface area (Å²) in [6.07, 6.45) is 8.29. The Morgan fingerprint density at radius 3 is 2.71 bits per heavy atom. The van der Waals surface area contributed by atoms with E-state index in [0.717, 1.165) is 6.04 Å². The molecular formula is C19H30N2. The van der Waals surface area contributed by atoms with Crippen LogP contribution in [0, 0.1) is 0 Å². The Balaban J connectivity index is 1.67. The number of unbranched alkanes of at least 4 members (excludes halogenated alkanes) is 3. The summed E-state index contributed by atoms with van der Waals surface area (Å²) in [7, 11) is 0. The van der Waals surface area contributed by atoms with E-state index in [0.29, 0.717) is 6.04 Å². The monoisotopic (exact) mass is 286 g/mol. The quantitative estimate of drug-likeness (QED) is 0.727. The van der Waals surface area contributed by atoms with Crippen molar-refractivity contribution in [2.45, 2.75) is 57.5 Å². The highest BCUT2D eigenvalue weighted by Gasteiger charge is 2.36. The summed E-state index contributed by atoms with van der Waals surface area (Å²) in [5.74, 6) is 0. The van der Waals surface area contributed by atoms with E-state index in [4.69, 9.17) is 0 Å². The zero-order valence-corrected chi connectivity index (χ0v) is 13.5. The zero-order valence-electron chi connectivity index (χ0n) is 13.5. The summed E-state index contributed by atoms with van der Waals surface area (Å²) in [5.41, 5.74) is 1.51. The number of rotatable bonds is 6. The molecule has 2 aliphatic heterocycles. The van der Waals surface area contributed by atoms with E-state index in [2.05, 4.69) is 47.1 Å². The van der Waals surface area contributed by atoms with Gasteiger partial charge < -0.3 is 0 Å². The maximum absolute atomic E-state index is 2.78. The molecule has 116 valence electrons. The molecule has 0 N–H and O–H groups in total. The first-order valence-corrected chi connectivity index (χ1v) is 8.91. The summed E-state index contributed by atoms with van der Waals surface area (Å²) in [6, 6.07) is 12.6. The van der Waals surface area contributed by atoms with Crippen LogP contribution in [0.2, 0.25) is 0 Å². The van der Waals surface area contributed by atoms with Crippen LogP contribution in [0.25, 0.3) is 0 Å². The molecule has 1 aromatic rings. The van der Waals surface area contributed by atoms with E-state index in [1.807, 2.05) is 0 Å². The molecule has 2 aliphatic rings. The van der Waals surface area contributed by atoms with E-state index in [-0.39, 0.29) is 0 Å². The number of fused-ring (bicyclic) bond motifs is 1. The number of benzene rings is 1. The normalized spacial score (nSPS) is 26.9. The number of piperazine rings is 1. The standard InChI is InChI=1S/C19H30N2/c1-2-3-4-8-13-21-15-18-12-9-14-20(18)16-19(21)17-10-6-5-7-11-17/h5-7,10-11,18-19H,2-4,8-9,12-16H2,1H3. The van der Waals surface area contributed by atoms with Gasteiger partial charge in [-0.05, 0) is 37.9 Å². The van der Waals surface area contributed by atoms with Crippen LogP contribution in [0.5, 0.6) is 0 Å². The molecule has 2 fully saturated rings. The summed E-state index contributed by atoms with van der Waals surface area (Å²) < 4.78 is 0. The molecule has 2 atom stereocenters. The molecule has 21 heavy (non-hydrogen) atoms. The van der Waals surface area contributed by atoms with Gasteiger partial charge in [-0.15, -0.1) is 0 Å². The lowest BCUT2D eigenvalue weighted by atomic mass is 9.99. The van der Waals surface area contributed by atoms with Crippen molar-refractivity contribution in [3.8, 4) is 0 Å². The molecule has 0 saturated carbocycles. The molecule has 1 aromatic carbocycles. The maximum Gasteiger partial charge on any atom is 0.0475 e. The summed E-state index contributed by atoms with van der Waals surface area (Å²) in [5, 5.41) is 0. The van der Waals surface area contributed by atoms with Gasteiger partial charge in [0.2, 0.25) is 0 Å². The van der Waals surface area contributed by atoms with E-state index in [1.54, 1.807) is 0 Å². The van der Waals surface area contributed by atoms with Gasteiger partial charge in [0.15, 0.2) is 0 Å². The molecule has 3 rings (SSSR count). The second-order valence-electron chi connectivity index (χ2n) is 6.77. The van der Waals surface area contributed by atoms with Crippen LogP contribution in [-0.4, -0.2) is 42.0 Å². The topological polar surface area (TPSA) is 6.48 Å². The fourth-order valence-corrected chi connectivity index (χ4v) is 4.06. The van der Waals surface area contributed by atoms with Crippen molar-refractivity contribution in [1.29, 1.82) is 0 Å². The minimum atomic E-state index is 0.613. The molecule has 0 aromatic heterocycles. The second-order valence-corrected chi connectivity index (χ2v) is 6.77. The smallest absolute Gasteiger partial charge is 0.0475 e. The SMILES string of the molecule is CCCCCCN1CC2CCCN2CC1c1ccccc1. The maximum atomic E-state index is 2.78. The Hall–Kier alpha value is -0.860. The molecule has 0 amide bonds. The third kappa shape index (κ3) is 3.67. The van der Waals surface area contributed by atoms with Crippen molar-refractivity contribution in [1.82, 2.24) is 9.80 Å². The van der Waals surface area contributed by atoms with Gasteiger partial charge in [0.05, 0.1) is 0 Å². The predicted octanol–water partition coefficient (Wildman–Crippen LogP) is 4.09. The number of hydrogen-bond acceptors (Lipinski definition) is 2. The van der Waals surface area contributed by atoms with Gasteiger partial charge >= 0.3 is 0 Å². The van der Waals surface area contributed by atoms with Crippen molar-refractivity contribution < 1.29 is 0 Å². The highest BCUT2D eigenvalue weighted by atomic mass is 15.3. The minimum absolute atomic E-state index is 0.613. The highest BCUT2D eigenvalue weighted by Crippen LogP contribution is 2.32. The lowest BCUT2D eigenvalue weighted by Crippen LogP contribution is -2.51. The van der Waals surface area contributed by atoms with Crippen LogP contribution in [0.4, 0.5) is 0 Å². The van der Waals surface area contributed by atoms with Crippen molar-refractivity contribution in [3.05, 3.63) is 35.9 Å². The molecule has 2 saturated heterocycles. The number of nitrogens with zero attached hydrogens (tertiary/aromatic N) is 2. The van der Waals surface area contributed by atoms with Crippen LogP contribution in [0.1, 0.15) is 57.1 Å². The third-order valence-corrected chi connectivity index (χ3v) is 5.28. The molecular weight excluding hydrogens is 256 g/mol. The first-order chi connectivity index (χ1) is 10.4. The van der Waals surface area contributed by atoms with Gasteiger partial charge in [-0.1, -0.05) is 56.5 Å². The van der Waals surface area contributed by atoms with Gasteiger partial charge in [-0.2, -0.15) is 0 Å². The van der Waals surface area contributed by atoms with E-state index in [9.17, 15) is 0 Å². The molecule has 2 heterocycles. The van der Waals surface area contributed by atoms with Crippen molar-refractivity contribution in [2.24, 2.45) is 0 Å². The summed E-state index contributed by atoms with van der Waals surface area (Å²) >= 11 is 0. The third-order valence-electron chi connectivity index (χ3n) is 5.28. The van der Waals surface area contributed by atoms with Crippen molar-refractivity contribution >= 4 is 0 Å². The van der Waals surface area contributed by atoms with Gasteiger partial charge in [-0.3, -0.25) is 9.80 Å². The van der Waals surface area contributed by atoms with Crippen LogP contribution >= 0.6 is 0 Å². The zero-order chi connectivity index (χ0) is 14.5. The average molecular weight is 286 g/mol. The lowest BCUT2D eigenvalue weighted by molar-refractivity contribution is 0.0492. The molecule has 0 radical (unpaired) electrons. The molecule has 0 spiro atoms. The minimum Gasteiger partial charge on any atom is -0.297 e. The Labute approximate surface area is 130 Å². The van der Waals surface area contributed by atoms with Gasteiger partial charge in [0.25, 0.3) is 0 Å². The fourth-order valence-electron chi connectivity index (χ4n) is 4.06. The average Bonchev–Trinajstić information content (AvgIpc) is 2.99. The first-order valence-electron chi connectivity index (χ1n) is 8.91. The largest absolute Gasteiger partial charge is 0.297 e. The molecule has 0 bridgehead atoms. The fraction of sp³-hybridized carbons (Fsp3) is 0.684. The van der Waals surface area contributed by atoms with Crippen LogP contribution in [0.3, 0.4) is 0 Å². The van der Waals surface area contributed by atoms with Gasteiger partial charge in [0.1, 0.15) is 0 Å². The van der Waals surface area contributed by atoms with Crippen LogP contribution in [0.15, 0.2) is 30.3 Å². The molecule has 2 unspecified atom stereocenters. The molecule has 0 aliphatic carbocycles. The Bertz CT molecular complexity index is 417. The Morgan fingerprint density at radius 1 is 1.05 bits per heavy atom. The number of hydrogen-bond donors (Lipinski definition) is 0. The Kier molecular flexibility index (Phi) is 5.32. The van der Waals surface area contributed by atoms with Gasteiger partial charge in [0, 0.05) is 25.2 Å². The predicted molar refractivity (Wildman–Crippen MR) is 89.5 cm³/mol. The highest BCUT2D eigenvalue weighted by molar-refractivity contribution is 5.20.